The summed E-state index contributed by atoms with van der Waals surface area (Å²) in [5, 5.41) is 2.97. The van der Waals surface area contributed by atoms with Gasteiger partial charge in [-0.05, 0) is 49.5 Å². The Morgan fingerprint density at radius 3 is 2.16 bits per heavy atom. The van der Waals surface area contributed by atoms with Gasteiger partial charge in [0.2, 0.25) is 11.8 Å². The second-order valence-corrected chi connectivity index (χ2v) is 10.4. The lowest BCUT2D eigenvalue weighted by molar-refractivity contribution is -0.138. The van der Waals surface area contributed by atoms with E-state index in [1.54, 1.807) is 12.2 Å². The molecule has 0 atom stereocenters. The number of imidazole rings is 1. The molecule has 1 heterocycles. The number of hydrogen-bond acceptors (Lipinski definition) is 3. The average Bonchev–Trinajstić information content (AvgIpc) is 3.29. The fourth-order valence-corrected chi connectivity index (χ4v) is 6.04. The van der Waals surface area contributed by atoms with Crippen LogP contribution in [0, 0.1) is 0 Å². The van der Waals surface area contributed by atoms with E-state index in [4.69, 9.17) is 4.98 Å². The third-order valence-electron chi connectivity index (χ3n) is 7.90. The Labute approximate surface area is 219 Å². The maximum Gasteiger partial charge on any atom is 0.244 e. The number of carbonyl (C=O) groups is 2. The van der Waals surface area contributed by atoms with Crippen LogP contribution in [0.4, 0.5) is 0 Å². The molecule has 0 unspecified atom stereocenters. The molecule has 1 aromatic heterocycles. The number of carbonyl (C=O) groups excluding carboxylic acids is 2. The Kier molecular flexibility index (Phi) is 8.34. The van der Waals surface area contributed by atoms with E-state index in [0.29, 0.717) is 17.9 Å². The quantitative estimate of drug-likeness (QED) is 0.396. The van der Waals surface area contributed by atoms with E-state index in [9.17, 15) is 9.59 Å². The van der Waals surface area contributed by atoms with Crippen molar-refractivity contribution in [3.63, 3.8) is 0 Å². The summed E-state index contributed by atoms with van der Waals surface area (Å²) in [7, 11) is 0. The van der Waals surface area contributed by atoms with Crippen molar-refractivity contribution < 1.29 is 9.59 Å². The molecule has 6 nitrogen and oxygen atoms in total. The van der Waals surface area contributed by atoms with Crippen molar-refractivity contribution in [3.8, 4) is 0 Å². The highest BCUT2D eigenvalue weighted by Crippen LogP contribution is 2.31. The Bertz CT molecular complexity index is 1200. The minimum atomic E-state index is -0.181. The van der Waals surface area contributed by atoms with Crippen LogP contribution in [0.1, 0.15) is 75.6 Å². The summed E-state index contributed by atoms with van der Waals surface area (Å²) in [6, 6.07) is 18.4. The zero-order valence-corrected chi connectivity index (χ0v) is 21.6. The van der Waals surface area contributed by atoms with E-state index in [1.165, 1.54) is 38.5 Å². The molecule has 3 aromatic rings. The van der Waals surface area contributed by atoms with E-state index >= 15 is 0 Å². The zero-order chi connectivity index (χ0) is 25.5. The highest BCUT2D eigenvalue weighted by Gasteiger charge is 2.33. The third kappa shape index (κ3) is 6.30. The van der Waals surface area contributed by atoms with E-state index in [1.807, 2.05) is 59.2 Å². The van der Waals surface area contributed by atoms with Gasteiger partial charge in [0.15, 0.2) is 0 Å². The lowest BCUT2D eigenvalue weighted by Crippen LogP contribution is -2.50. The molecule has 2 aromatic carbocycles. The molecule has 37 heavy (non-hydrogen) atoms. The molecule has 0 spiro atoms. The Hall–Kier alpha value is -3.41. The van der Waals surface area contributed by atoms with Gasteiger partial charge in [0.05, 0.1) is 17.6 Å². The van der Waals surface area contributed by atoms with Crippen LogP contribution in [0.25, 0.3) is 17.1 Å². The van der Waals surface area contributed by atoms with Gasteiger partial charge in [-0.25, -0.2) is 4.98 Å². The van der Waals surface area contributed by atoms with Crippen molar-refractivity contribution in [2.45, 2.75) is 89.4 Å². The number of para-hydroxylation sites is 2. The average molecular weight is 499 g/mol. The Balaban J connectivity index is 1.34. The van der Waals surface area contributed by atoms with Crippen LogP contribution in [0.5, 0.6) is 0 Å². The van der Waals surface area contributed by atoms with Gasteiger partial charge in [0.25, 0.3) is 0 Å². The summed E-state index contributed by atoms with van der Waals surface area (Å²) in [6.45, 7) is 0.533. The highest BCUT2D eigenvalue weighted by atomic mass is 16.2. The second-order valence-electron chi connectivity index (χ2n) is 10.4. The molecular weight excluding hydrogens is 460 g/mol. The number of fused-ring (bicyclic) bond motifs is 1. The summed E-state index contributed by atoms with van der Waals surface area (Å²) >= 11 is 0. The molecule has 2 saturated carbocycles. The zero-order valence-electron chi connectivity index (χ0n) is 21.6. The standard InChI is InChI=1S/C31H38N4O2/c36-30(21-20-24-12-4-1-5-13-24)32-22-29-33-27-18-10-11-19-28(27)34(29)23-31(37)35(25-14-6-2-7-15-25)26-16-8-3-9-17-26/h1,4-5,10-13,18-21,25-26H,2-3,6-9,14-17,22-23H2,(H,32,36)/b21-20-. The number of benzene rings is 2. The maximum atomic E-state index is 14.0. The van der Waals surface area contributed by atoms with Crippen LogP contribution in [0.15, 0.2) is 60.7 Å². The minimum Gasteiger partial charge on any atom is -0.345 e. The van der Waals surface area contributed by atoms with Gasteiger partial charge in [0, 0.05) is 18.2 Å². The molecule has 6 heteroatoms. The minimum absolute atomic E-state index is 0.181. The predicted molar refractivity (Wildman–Crippen MR) is 148 cm³/mol. The number of rotatable bonds is 8. The molecule has 2 fully saturated rings. The Morgan fingerprint density at radius 2 is 1.49 bits per heavy atom. The van der Waals surface area contributed by atoms with Gasteiger partial charge < -0.3 is 14.8 Å². The van der Waals surface area contributed by atoms with Gasteiger partial charge >= 0.3 is 0 Å². The first-order valence-electron chi connectivity index (χ1n) is 14.0. The van der Waals surface area contributed by atoms with Crippen molar-refractivity contribution in [2.75, 3.05) is 0 Å². The lowest BCUT2D eigenvalue weighted by atomic mass is 9.88. The number of aromatic nitrogens is 2. The molecule has 2 aliphatic carbocycles. The maximum absolute atomic E-state index is 14.0. The smallest absolute Gasteiger partial charge is 0.244 e. The summed E-state index contributed by atoms with van der Waals surface area (Å²) in [5.41, 5.74) is 2.76. The molecule has 194 valence electrons. The number of amides is 2. The Morgan fingerprint density at radius 1 is 0.865 bits per heavy atom. The van der Waals surface area contributed by atoms with E-state index in [0.717, 1.165) is 42.3 Å². The molecule has 2 amide bonds. The van der Waals surface area contributed by atoms with Crippen LogP contribution in [0.2, 0.25) is 0 Å². The molecular formula is C31H38N4O2. The fourth-order valence-electron chi connectivity index (χ4n) is 6.04. The number of nitrogens with zero attached hydrogens (tertiary/aromatic N) is 3. The SMILES string of the molecule is O=C(/C=C\c1ccccc1)NCc1nc2ccccc2n1CC(=O)N(C1CCCCC1)C1CCCCC1. The molecule has 0 bridgehead atoms. The van der Waals surface area contributed by atoms with E-state index in [-0.39, 0.29) is 24.9 Å². The second kappa shape index (κ2) is 12.2. The predicted octanol–water partition coefficient (Wildman–Crippen LogP) is 5.86. The van der Waals surface area contributed by atoms with Crippen LogP contribution in [-0.4, -0.2) is 38.3 Å². The molecule has 0 radical (unpaired) electrons. The summed E-state index contributed by atoms with van der Waals surface area (Å²) in [4.78, 5) is 33.6. The topological polar surface area (TPSA) is 67.2 Å². The number of nitrogens with one attached hydrogen (secondary N) is 1. The van der Waals surface area contributed by atoms with Crippen LogP contribution in [-0.2, 0) is 22.7 Å². The summed E-state index contributed by atoms with van der Waals surface area (Å²) in [6.07, 6.45) is 15.2. The fraction of sp³-hybridized carbons (Fsp3) is 0.452. The van der Waals surface area contributed by atoms with Gasteiger partial charge in [-0.2, -0.15) is 0 Å². The highest BCUT2D eigenvalue weighted by molar-refractivity contribution is 5.91. The van der Waals surface area contributed by atoms with Crippen molar-refractivity contribution in [1.82, 2.24) is 19.8 Å². The molecule has 2 aliphatic rings. The van der Waals surface area contributed by atoms with Crippen molar-refractivity contribution in [2.24, 2.45) is 0 Å². The molecule has 0 aliphatic heterocycles. The van der Waals surface area contributed by atoms with E-state index < -0.39 is 0 Å². The van der Waals surface area contributed by atoms with Crippen LogP contribution >= 0.6 is 0 Å². The third-order valence-corrected chi connectivity index (χ3v) is 7.90. The molecule has 5 rings (SSSR count). The van der Waals surface area contributed by atoms with Gasteiger partial charge in [0.1, 0.15) is 12.4 Å². The van der Waals surface area contributed by atoms with E-state index in [2.05, 4.69) is 10.2 Å². The first-order chi connectivity index (χ1) is 18.2. The molecule has 1 N–H and O–H groups in total. The largest absolute Gasteiger partial charge is 0.345 e. The van der Waals surface area contributed by atoms with Gasteiger partial charge in [-0.3, -0.25) is 9.59 Å². The number of hydrogen-bond donors (Lipinski definition) is 1. The first-order valence-corrected chi connectivity index (χ1v) is 14.0. The van der Waals surface area contributed by atoms with Crippen molar-refractivity contribution >= 4 is 28.9 Å². The van der Waals surface area contributed by atoms with Crippen LogP contribution < -0.4 is 5.32 Å². The van der Waals surface area contributed by atoms with Crippen molar-refractivity contribution in [3.05, 3.63) is 72.1 Å². The normalized spacial score (nSPS) is 17.3. The van der Waals surface area contributed by atoms with Gasteiger partial charge in [-0.15, -0.1) is 0 Å². The lowest BCUT2D eigenvalue weighted by Gasteiger charge is -2.42. The van der Waals surface area contributed by atoms with Crippen molar-refractivity contribution in [1.29, 1.82) is 0 Å². The van der Waals surface area contributed by atoms with Crippen LogP contribution in [0.3, 0.4) is 0 Å². The monoisotopic (exact) mass is 498 g/mol. The first kappa shape index (κ1) is 25.2. The van der Waals surface area contributed by atoms with Gasteiger partial charge in [-0.1, -0.05) is 81.0 Å². The summed E-state index contributed by atoms with van der Waals surface area (Å²) < 4.78 is 2.01. The summed E-state index contributed by atoms with van der Waals surface area (Å²) in [5.74, 6) is 0.724. The molecule has 0 saturated heterocycles.